The van der Waals surface area contributed by atoms with Crippen LogP contribution in [0.3, 0.4) is 0 Å². The van der Waals surface area contributed by atoms with Crippen LogP contribution in [-0.2, 0) is 9.53 Å². The number of likely N-dealkylation sites (tertiary alicyclic amines) is 1. The average molecular weight is 379 g/mol. The lowest BCUT2D eigenvalue weighted by molar-refractivity contribution is -0.890. The third kappa shape index (κ3) is 6.68. The summed E-state index contributed by atoms with van der Waals surface area (Å²) in [6.45, 7) is 5.18. The molecule has 0 spiro atoms. The molecule has 0 amide bonds. The van der Waals surface area contributed by atoms with Gasteiger partial charge in [-0.2, -0.15) is 0 Å². The van der Waals surface area contributed by atoms with Gasteiger partial charge in [-0.15, -0.1) is 0 Å². The van der Waals surface area contributed by atoms with Crippen molar-refractivity contribution in [3.8, 4) is 5.75 Å². The Balaban J connectivity index is 0.00000220. The molecular formula is C15H21BrClNO3. The number of benzene rings is 1. The largest absolute Gasteiger partial charge is 1.00 e. The highest BCUT2D eigenvalue weighted by atomic mass is 79.9. The standard InChI is InChI=1S/C15H20BrNO3.ClH/c1-12(10-17-8-2-3-9-17)20-15(18)11-19-14-6-4-13(16)5-7-14;/h4-7,12H,2-3,8-11H2,1H3;1H. The number of carbonyl (C=O) groups excluding carboxylic acids is 1. The van der Waals surface area contributed by atoms with Crippen LogP contribution in [0.1, 0.15) is 19.8 Å². The summed E-state index contributed by atoms with van der Waals surface area (Å²) < 4.78 is 11.7. The van der Waals surface area contributed by atoms with E-state index in [1.54, 1.807) is 0 Å². The van der Waals surface area contributed by atoms with Gasteiger partial charge < -0.3 is 26.8 Å². The van der Waals surface area contributed by atoms with Gasteiger partial charge in [0.1, 0.15) is 18.4 Å². The predicted molar refractivity (Wildman–Crippen MR) is 80.0 cm³/mol. The highest BCUT2D eigenvalue weighted by Gasteiger charge is 2.20. The first-order valence-corrected chi connectivity index (χ1v) is 7.84. The molecule has 0 aliphatic carbocycles. The molecule has 0 bridgehead atoms. The summed E-state index contributed by atoms with van der Waals surface area (Å²) in [6.07, 6.45) is 2.51. The molecule has 4 nitrogen and oxygen atoms in total. The number of quaternary nitrogens is 1. The molecule has 6 heteroatoms. The summed E-state index contributed by atoms with van der Waals surface area (Å²) in [6, 6.07) is 7.38. The molecule has 2 rings (SSSR count). The molecule has 0 saturated carbocycles. The third-order valence-electron chi connectivity index (χ3n) is 3.39. The van der Waals surface area contributed by atoms with Gasteiger partial charge in [0, 0.05) is 17.3 Å². The van der Waals surface area contributed by atoms with Crippen molar-refractivity contribution in [3.63, 3.8) is 0 Å². The number of halogens is 2. The van der Waals surface area contributed by atoms with Gasteiger partial charge in [-0.3, -0.25) is 0 Å². The number of hydrogen-bond acceptors (Lipinski definition) is 3. The predicted octanol–water partition coefficient (Wildman–Crippen LogP) is -1.56. The van der Waals surface area contributed by atoms with E-state index < -0.39 is 0 Å². The Kier molecular flexibility index (Phi) is 8.07. The number of ether oxygens (including phenoxy) is 2. The van der Waals surface area contributed by atoms with Crippen molar-refractivity contribution in [2.75, 3.05) is 26.2 Å². The molecule has 1 unspecified atom stereocenters. The molecule has 1 saturated heterocycles. The summed E-state index contributed by atoms with van der Waals surface area (Å²) in [5.41, 5.74) is 0. The van der Waals surface area contributed by atoms with Crippen LogP contribution in [0.15, 0.2) is 28.7 Å². The minimum atomic E-state index is -0.306. The zero-order valence-electron chi connectivity index (χ0n) is 12.1. The van der Waals surface area contributed by atoms with Crippen LogP contribution in [0.2, 0.25) is 0 Å². The fraction of sp³-hybridized carbons (Fsp3) is 0.533. The van der Waals surface area contributed by atoms with E-state index in [9.17, 15) is 4.79 Å². The van der Waals surface area contributed by atoms with E-state index in [1.807, 2.05) is 31.2 Å². The Morgan fingerprint density at radius 1 is 1.29 bits per heavy atom. The zero-order valence-corrected chi connectivity index (χ0v) is 14.5. The summed E-state index contributed by atoms with van der Waals surface area (Å²) in [5.74, 6) is 0.363. The van der Waals surface area contributed by atoms with E-state index in [-0.39, 0.29) is 31.1 Å². The van der Waals surface area contributed by atoms with Crippen molar-refractivity contribution in [1.29, 1.82) is 0 Å². The molecule has 118 valence electrons. The lowest BCUT2D eigenvalue weighted by Crippen LogP contribution is -3.11. The molecule has 1 N–H and O–H groups in total. The van der Waals surface area contributed by atoms with Crippen LogP contribution in [-0.4, -0.2) is 38.3 Å². The molecule has 1 aromatic carbocycles. The van der Waals surface area contributed by atoms with E-state index in [0.29, 0.717) is 5.75 Å². The second-order valence-electron chi connectivity index (χ2n) is 5.20. The van der Waals surface area contributed by atoms with Gasteiger partial charge in [-0.05, 0) is 31.2 Å². The van der Waals surface area contributed by atoms with Crippen molar-refractivity contribution in [3.05, 3.63) is 28.7 Å². The van der Waals surface area contributed by atoms with Crippen molar-refractivity contribution < 1.29 is 31.6 Å². The molecule has 1 fully saturated rings. The second kappa shape index (κ2) is 9.28. The molecule has 1 heterocycles. The topological polar surface area (TPSA) is 40.0 Å². The number of rotatable bonds is 6. The van der Waals surface area contributed by atoms with E-state index in [2.05, 4.69) is 15.9 Å². The third-order valence-corrected chi connectivity index (χ3v) is 3.92. The summed E-state index contributed by atoms with van der Waals surface area (Å²) >= 11 is 3.35. The maximum absolute atomic E-state index is 11.7. The first-order chi connectivity index (χ1) is 9.63. The van der Waals surface area contributed by atoms with E-state index in [0.717, 1.165) is 11.0 Å². The van der Waals surface area contributed by atoms with Crippen LogP contribution in [0, 0.1) is 0 Å². The Morgan fingerprint density at radius 3 is 2.52 bits per heavy atom. The molecule has 1 aromatic rings. The number of carbonyl (C=O) groups is 1. The van der Waals surface area contributed by atoms with Crippen molar-refractivity contribution in [1.82, 2.24) is 0 Å². The number of hydrogen-bond donors (Lipinski definition) is 1. The minimum Gasteiger partial charge on any atom is -1.00 e. The van der Waals surface area contributed by atoms with Crippen LogP contribution < -0.4 is 22.0 Å². The van der Waals surface area contributed by atoms with Crippen LogP contribution in [0.25, 0.3) is 0 Å². The lowest BCUT2D eigenvalue weighted by Gasteiger charge is -2.18. The van der Waals surface area contributed by atoms with Crippen LogP contribution in [0.4, 0.5) is 0 Å². The summed E-state index contributed by atoms with van der Waals surface area (Å²) in [7, 11) is 0. The smallest absolute Gasteiger partial charge is 0.344 e. The lowest BCUT2D eigenvalue weighted by atomic mass is 10.3. The van der Waals surface area contributed by atoms with Gasteiger partial charge >= 0.3 is 5.97 Å². The van der Waals surface area contributed by atoms with Crippen LogP contribution in [0.5, 0.6) is 5.75 Å². The minimum absolute atomic E-state index is 0. The first kappa shape index (κ1) is 18.3. The molecule has 0 radical (unpaired) electrons. The Morgan fingerprint density at radius 2 is 1.90 bits per heavy atom. The Labute approximate surface area is 140 Å². The molecule has 1 aliphatic heterocycles. The Hall–Kier alpha value is -0.780. The van der Waals surface area contributed by atoms with Gasteiger partial charge in [0.15, 0.2) is 6.61 Å². The highest BCUT2D eigenvalue weighted by Crippen LogP contribution is 2.15. The number of nitrogens with one attached hydrogen (secondary N) is 1. The molecule has 1 aliphatic rings. The Bertz CT molecular complexity index is 435. The summed E-state index contributed by atoms with van der Waals surface area (Å²) in [4.78, 5) is 13.2. The van der Waals surface area contributed by atoms with E-state index in [4.69, 9.17) is 9.47 Å². The maximum atomic E-state index is 11.7. The van der Waals surface area contributed by atoms with Crippen molar-refractivity contribution >= 4 is 21.9 Å². The van der Waals surface area contributed by atoms with Gasteiger partial charge in [-0.1, -0.05) is 15.9 Å². The fourth-order valence-corrected chi connectivity index (χ4v) is 2.72. The molecular weight excluding hydrogens is 358 g/mol. The summed E-state index contributed by atoms with van der Waals surface area (Å²) in [5, 5.41) is 0. The zero-order chi connectivity index (χ0) is 14.4. The molecule has 1 atom stereocenters. The van der Waals surface area contributed by atoms with Gasteiger partial charge in [-0.25, -0.2) is 4.79 Å². The van der Waals surface area contributed by atoms with Gasteiger partial charge in [0.25, 0.3) is 0 Å². The SMILES string of the molecule is CC(C[NH+]1CCCC1)OC(=O)COc1ccc(Br)cc1.[Cl-]. The first-order valence-electron chi connectivity index (χ1n) is 7.05. The van der Waals surface area contributed by atoms with Gasteiger partial charge in [0.05, 0.1) is 13.1 Å². The monoisotopic (exact) mass is 377 g/mol. The van der Waals surface area contributed by atoms with Crippen molar-refractivity contribution in [2.24, 2.45) is 0 Å². The molecule has 0 aromatic heterocycles. The highest BCUT2D eigenvalue weighted by molar-refractivity contribution is 9.10. The van der Waals surface area contributed by atoms with Crippen molar-refractivity contribution in [2.45, 2.75) is 25.9 Å². The van der Waals surface area contributed by atoms with E-state index >= 15 is 0 Å². The fourth-order valence-electron chi connectivity index (χ4n) is 2.46. The second-order valence-corrected chi connectivity index (χ2v) is 6.12. The quantitative estimate of drug-likeness (QED) is 0.609. The normalized spacial score (nSPS) is 16.1. The van der Waals surface area contributed by atoms with Crippen LogP contribution >= 0.6 is 15.9 Å². The average Bonchev–Trinajstić information content (AvgIpc) is 2.90. The maximum Gasteiger partial charge on any atom is 0.344 e. The number of esters is 1. The van der Waals surface area contributed by atoms with E-state index in [1.165, 1.54) is 30.8 Å². The van der Waals surface area contributed by atoms with Gasteiger partial charge in [0.2, 0.25) is 0 Å². The molecule has 21 heavy (non-hydrogen) atoms.